The van der Waals surface area contributed by atoms with Crippen LogP contribution in [-0.4, -0.2) is 15.8 Å². The molecule has 3 N–H and O–H groups in total. The molecule has 0 aliphatic carbocycles. The van der Waals surface area contributed by atoms with E-state index in [-0.39, 0.29) is 24.8 Å². The molecule has 128 valence electrons. The van der Waals surface area contributed by atoms with Gasteiger partial charge in [-0.25, -0.2) is 4.99 Å². The maximum absolute atomic E-state index is 6.08. The molecule has 0 fully saturated rings. The Morgan fingerprint density at radius 1 is 1.08 bits per heavy atom. The molecule has 0 amide bonds. The van der Waals surface area contributed by atoms with Gasteiger partial charge in [-0.15, -0.1) is 36.2 Å². The van der Waals surface area contributed by atoms with Crippen molar-refractivity contribution in [1.29, 1.82) is 0 Å². The highest BCUT2D eigenvalue weighted by Crippen LogP contribution is 2.31. The minimum Gasteiger partial charge on any atom is -0.383 e. The van der Waals surface area contributed by atoms with Crippen molar-refractivity contribution in [2.24, 2.45) is 10.7 Å². The third kappa shape index (κ3) is 3.85. The highest BCUT2D eigenvalue weighted by Gasteiger charge is 2.07. The van der Waals surface area contributed by atoms with E-state index < -0.39 is 0 Å². The highest BCUT2D eigenvalue weighted by atomic mass is 35.5. The summed E-state index contributed by atoms with van der Waals surface area (Å²) in [6.07, 6.45) is 5.60. The van der Waals surface area contributed by atoms with E-state index in [9.17, 15) is 0 Å². The van der Waals surface area contributed by atoms with Crippen LogP contribution < -0.4 is 5.73 Å². The van der Waals surface area contributed by atoms with Gasteiger partial charge >= 0.3 is 0 Å². The molecule has 0 aliphatic rings. The topological polar surface area (TPSA) is 67.1 Å². The van der Waals surface area contributed by atoms with Crippen LogP contribution >= 0.6 is 36.2 Å². The number of halogens is 2. The van der Waals surface area contributed by atoms with Gasteiger partial charge in [-0.2, -0.15) is 0 Å². The standard InChI is InChI=1S/C18H14N4S.2ClH/c19-18(17-2-1-9-23-17)22-13-3-4-16-14(10-13)15(11-21-16)12-5-7-20-8-6-12;;/h1-11,21H,(H2,19,22);2*1H. The summed E-state index contributed by atoms with van der Waals surface area (Å²) < 4.78 is 0. The van der Waals surface area contributed by atoms with Gasteiger partial charge in [0.15, 0.2) is 0 Å². The Bertz CT molecular complexity index is 979. The van der Waals surface area contributed by atoms with Crippen LogP contribution in [0.2, 0.25) is 0 Å². The van der Waals surface area contributed by atoms with Crippen molar-refractivity contribution >= 4 is 58.6 Å². The van der Waals surface area contributed by atoms with Gasteiger partial charge in [-0.3, -0.25) is 4.98 Å². The van der Waals surface area contributed by atoms with E-state index in [1.807, 2.05) is 48.0 Å². The number of benzene rings is 1. The number of pyridine rings is 1. The summed E-state index contributed by atoms with van der Waals surface area (Å²) in [5.74, 6) is 0.542. The summed E-state index contributed by atoms with van der Waals surface area (Å²) in [6, 6.07) is 14.0. The summed E-state index contributed by atoms with van der Waals surface area (Å²) in [5.41, 5.74) is 10.3. The average Bonchev–Trinajstić information content (AvgIpc) is 3.25. The first-order valence-electron chi connectivity index (χ1n) is 7.21. The zero-order chi connectivity index (χ0) is 15.6. The second kappa shape index (κ2) is 8.16. The highest BCUT2D eigenvalue weighted by molar-refractivity contribution is 7.12. The van der Waals surface area contributed by atoms with Crippen molar-refractivity contribution in [3.05, 3.63) is 71.3 Å². The molecule has 4 nitrogen and oxygen atoms in total. The Balaban J connectivity index is 0.00000113. The molecule has 0 spiro atoms. The van der Waals surface area contributed by atoms with Crippen molar-refractivity contribution in [2.45, 2.75) is 0 Å². The molecule has 1 aromatic carbocycles. The number of rotatable bonds is 3. The normalized spacial score (nSPS) is 11.0. The summed E-state index contributed by atoms with van der Waals surface area (Å²) in [5, 5.41) is 3.12. The lowest BCUT2D eigenvalue weighted by Crippen LogP contribution is -2.10. The molecule has 25 heavy (non-hydrogen) atoms. The van der Waals surface area contributed by atoms with Gasteiger partial charge < -0.3 is 10.7 Å². The first kappa shape index (κ1) is 19.0. The van der Waals surface area contributed by atoms with Crippen LogP contribution in [0.1, 0.15) is 4.88 Å². The van der Waals surface area contributed by atoms with E-state index in [0.717, 1.165) is 32.6 Å². The van der Waals surface area contributed by atoms with E-state index in [2.05, 4.69) is 21.0 Å². The van der Waals surface area contributed by atoms with Crippen molar-refractivity contribution < 1.29 is 0 Å². The largest absolute Gasteiger partial charge is 0.383 e. The van der Waals surface area contributed by atoms with Crippen LogP contribution in [0.3, 0.4) is 0 Å². The van der Waals surface area contributed by atoms with Crippen molar-refractivity contribution in [3.8, 4) is 11.1 Å². The van der Waals surface area contributed by atoms with E-state index >= 15 is 0 Å². The molecule has 7 heteroatoms. The lowest BCUT2D eigenvalue weighted by Gasteiger charge is -2.01. The fraction of sp³-hybridized carbons (Fsp3) is 0. The SMILES string of the molecule is Cl.Cl.NC(=Nc1ccc2[nH]cc(-c3ccncc3)c2c1)c1cccs1. The molecule has 0 atom stereocenters. The molecule has 0 bridgehead atoms. The second-order valence-corrected chi connectivity index (χ2v) is 6.09. The third-order valence-corrected chi connectivity index (χ3v) is 4.57. The fourth-order valence-electron chi connectivity index (χ4n) is 2.57. The number of nitrogens with one attached hydrogen (secondary N) is 1. The maximum Gasteiger partial charge on any atom is 0.141 e. The monoisotopic (exact) mass is 390 g/mol. The van der Waals surface area contributed by atoms with E-state index in [1.165, 1.54) is 0 Å². The van der Waals surface area contributed by atoms with E-state index in [1.54, 1.807) is 23.7 Å². The minimum absolute atomic E-state index is 0. The number of nitrogens with two attached hydrogens (primary N) is 1. The van der Waals surface area contributed by atoms with Gasteiger partial charge in [0, 0.05) is 35.1 Å². The predicted octanol–water partition coefficient (Wildman–Crippen LogP) is 5.17. The number of H-pyrrole nitrogens is 1. The molecule has 0 radical (unpaired) electrons. The summed E-state index contributed by atoms with van der Waals surface area (Å²) in [6.45, 7) is 0. The van der Waals surface area contributed by atoms with Crippen LogP contribution in [0.4, 0.5) is 5.69 Å². The van der Waals surface area contributed by atoms with Crippen molar-refractivity contribution in [1.82, 2.24) is 9.97 Å². The summed E-state index contributed by atoms with van der Waals surface area (Å²) >= 11 is 1.59. The minimum atomic E-state index is 0. The van der Waals surface area contributed by atoms with Crippen LogP contribution in [0.25, 0.3) is 22.0 Å². The predicted molar refractivity (Wildman–Crippen MR) is 111 cm³/mol. The molecular formula is C18H16Cl2N4S. The molecule has 0 saturated heterocycles. The molecular weight excluding hydrogens is 375 g/mol. The Morgan fingerprint density at radius 2 is 1.88 bits per heavy atom. The Labute approximate surface area is 161 Å². The van der Waals surface area contributed by atoms with Crippen LogP contribution in [0.15, 0.2) is 71.4 Å². The van der Waals surface area contributed by atoms with Gasteiger partial charge in [0.25, 0.3) is 0 Å². The Morgan fingerprint density at radius 3 is 2.60 bits per heavy atom. The molecule has 0 aliphatic heterocycles. The van der Waals surface area contributed by atoms with Crippen LogP contribution in [0.5, 0.6) is 0 Å². The van der Waals surface area contributed by atoms with Gasteiger partial charge in [0.1, 0.15) is 5.84 Å². The van der Waals surface area contributed by atoms with Gasteiger partial charge in [-0.05, 0) is 47.3 Å². The zero-order valence-corrected chi connectivity index (χ0v) is 15.5. The molecule has 0 saturated carbocycles. The number of aromatic nitrogens is 2. The molecule has 4 rings (SSSR count). The number of amidine groups is 1. The third-order valence-electron chi connectivity index (χ3n) is 3.68. The van der Waals surface area contributed by atoms with E-state index in [0.29, 0.717) is 5.84 Å². The fourth-order valence-corrected chi connectivity index (χ4v) is 3.19. The smallest absolute Gasteiger partial charge is 0.141 e. The number of aliphatic imine (C=N–C) groups is 1. The number of thiophene rings is 1. The molecule has 3 aromatic heterocycles. The summed E-state index contributed by atoms with van der Waals surface area (Å²) in [7, 11) is 0. The second-order valence-electron chi connectivity index (χ2n) is 5.14. The average molecular weight is 391 g/mol. The molecule has 4 aromatic rings. The van der Waals surface area contributed by atoms with Crippen molar-refractivity contribution in [3.63, 3.8) is 0 Å². The quantitative estimate of drug-likeness (QED) is 0.374. The molecule has 3 heterocycles. The lowest BCUT2D eigenvalue weighted by atomic mass is 10.1. The number of hydrogen-bond donors (Lipinski definition) is 2. The zero-order valence-electron chi connectivity index (χ0n) is 13.0. The Hall–Kier alpha value is -2.34. The Kier molecular flexibility index (Phi) is 6.20. The van der Waals surface area contributed by atoms with Crippen molar-refractivity contribution in [2.75, 3.05) is 0 Å². The van der Waals surface area contributed by atoms with Crippen LogP contribution in [-0.2, 0) is 0 Å². The number of fused-ring (bicyclic) bond motifs is 1. The van der Waals surface area contributed by atoms with Crippen LogP contribution in [0, 0.1) is 0 Å². The van der Waals surface area contributed by atoms with Gasteiger partial charge in [0.2, 0.25) is 0 Å². The number of aromatic amines is 1. The lowest BCUT2D eigenvalue weighted by molar-refractivity contribution is 1.33. The number of hydrogen-bond acceptors (Lipinski definition) is 3. The van der Waals surface area contributed by atoms with Gasteiger partial charge in [0.05, 0.1) is 10.6 Å². The first-order chi connectivity index (χ1) is 11.3. The van der Waals surface area contributed by atoms with E-state index in [4.69, 9.17) is 5.73 Å². The summed E-state index contributed by atoms with van der Waals surface area (Å²) in [4.78, 5) is 12.9. The van der Waals surface area contributed by atoms with Gasteiger partial charge in [-0.1, -0.05) is 6.07 Å². The first-order valence-corrected chi connectivity index (χ1v) is 8.09. The maximum atomic E-state index is 6.08. The molecule has 0 unspecified atom stereocenters. The number of nitrogens with zero attached hydrogens (tertiary/aromatic N) is 2.